The fourth-order valence-electron chi connectivity index (χ4n) is 2.74. The van der Waals surface area contributed by atoms with Crippen LogP contribution in [0.3, 0.4) is 0 Å². The second-order valence-electron chi connectivity index (χ2n) is 5.20. The number of nitrogens with two attached hydrogens (primary N) is 1. The van der Waals surface area contributed by atoms with Gasteiger partial charge >= 0.3 is 6.03 Å². The summed E-state index contributed by atoms with van der Waals surface area (Å²) >= 11 is 4.71. The monoisotopic (exact) mass is 334 g/mol. The Balaban J connectivity index is 2.52. The van der Waals surface area contributed by atoms with Crippen LogP contribution in [0.4, 0.5) is 4.79 Å². The fourth-order valence-corrected chi connectivity index (χ4v) is 2.80. The van der Waals surface area contributed by atoms with Gasteiger partial charge in [-0.2, -0.15) is 0 Å². The minimum Gasteiger partial charge on any atom is -0.376 e. The van der Waals surface area contributed by atoms with Gasteiger partial charge in [0, 0.05) is 7.05 Å². The zero-order chi connectivity index (χ0) is 17.2. The summed E-state index contributed by atoms with van der Waals surface area (Å²) in [6, 6.07) is 8.02. The van der Waals surface area contributed by atoms with Gasteiger partial charge in [0.15, 0.2) is 10.5 Å². The number of urea groups is 1. The first-order valence-corrected chi connectivity index (χ1v) is 7.50. The number of carbonyl (C=O) groups is 3. The van der Waals surface area contributed by atoms with Crippen LogP contribution >= 0.6 is 12.2 Å². The molecule has 1 aliphatic heterocycles. The van der Waals surface area contributed by atoms with E-state index in [4.69, 9.17) is 18.0 Å². The number of hydrogen-bond donors (Lipinski definition) is 2. The molecule has 2 rings (SSSR count). The Hall–Kier alpha value is -2.48. The lowest BCUT2D eigenvalue weighted by Gasteiger charge is -2.42. The highest BCUT2D eigenvalue weighted by atomic mass is 32.1. The number of carbonyl (C=O) groups excluding carboxylic acids is 3. The molecule has 1 aromatic rings. The molecular weight excluding hydrogens is 316 g/mol. The summed E-state index contributed by atoms with van der Waals surface area (Å²) in [4.78, 5) is 40.0. The quantitative estimate of drug-likeness (QED) is 0.616. The Morgan fingerprint density at radius 1 is 1.22 bits per heavy atom. The number of barbiturate groups is 1. The number of imide groups is 2. The second-order valence-corrected chi connectivity index (χ2v) is 5.64. The van der Waals surface area contributed by atoms with Crippen LogP contribution in [0.2, 0.25) is 0 Å². The van der Waals surface area contributed by atoms with E-state index in [1.54, 1.807) is 37.3 Å². The Kier molecular flexibility index (Phi) is 4.65. The molecule has 1 atom stereocenters. The number of rotatable bonds is 4. The van der Waals surface area contributed by atoms with Gasteiger partial charge in [0.2, 0.25) is 0 Å². The van der Waals surface area contributed by atoms with E-state index in [2.05, 4.69) is 5.32 Å². The summed E-state index contributed by atoms with van der Waals surface area (Å²) in [5.74, 6) is -1.11. The Morgan fingerprint density at radius 2 is 1.83 bits per heavy atom. The number of nitrogens with one attached hydrogen (secondary N) is 1. The molecule has 0 aromatic heterocycles. The van der Waals surface area contributed by atoms with Crippen LogP contribution in [-0.4, -0.2) is 46.5 Å². The van der Waals surface area contributed by atoms with Crippen LogP contribution in [-0.2, 0) is 15.0 Å². The largest absolute Gasteiger partial charge is 0.376 e. The summed E-state index contributed by atoms with van der Waals surface area (Å²) in [5.41, 5.74) is 4.49. The molecule has 4 amide bonds. The molecule has 8 heteroatoms. The average molecular weight is 334 g/mol. The van der Waals surface area contributed by atoms with Crippen LogP contribution in [0.25, 0.3) is 0 Å². The van der Waals surface area contributed by atoms with Crippen molar-refractivity contribution in [2.24, 2.45) is 5.73 Å². The summed E-state index contributed by atoms with van der Waals surface area (Å²) in [6.45, 7) is 1.56. The van der Waals surface area contributed by atoms with Gasteiger partial charge in [-0.25, -0.2) is 9.69 Å². The predicted molar refractivity (Wildman–Crippen MR) is 88.2 cm³/mol. The van der Waals surface area contributed by atoms with E-state index in [-0.39, 0.29) is 18.2 Å². The van der Waals surface area contributed by atoms with E-state index in [0.29, 0.717) is 5.56 Å². The highest BCUT2D eigenvalue weighted by Gasteiger charge is 2.56. The number of benzene rings is 1. The molecule has 0 bridgehead atoms. The second kappa shape index (κ2) is 6.33. The first kappa shape index (κ1) is 16.9. The summed E-state index contributed by atoms with van der Waals surface area (Å²) in [7, 11) is 1.36. The fraction of sp³-hybridized carbons (Fsp3) is 0.333. The molecular formula is C15H18N4O3S. The minimum absolute atomic E-state index is 0.0352. The molecule has 23 heavy (non-hydrogen) atoms. The third kappa shape index (κ3) is 2.65. The lowest BCUT2D eigenvalue weighted by molar-refractivity contribution is -0.151. The van der Waals surface area contributed by atoms with E-state index < -0.39 is 23.3 Å². The van der Waals surface area contributed by atoms with Crippen molar-refractivity contribution < 1.29 is 14.4 Å². The molecule has 0 spiro atoms. The minimum atomic E-state index is -1.43. The van der Waals surface area contributed by atoms with Crippen LogP contribution in [0, 0.1) is 0 Å². The van der Waals surface area contributed by atoms with E-state index in [9.17, 15) is 14.4 Å². The molecule has 1 unspecified atom stereocenters. The number of thiocarbonyl (C=S) groups is 1. The van der Waals surface area contributed by atoms with Crippen LogP contribution in [0.15, 0.2) is 30.3 Å². The first-order chi connectivity index (χ1) is 10.9. The van der Waals surface area contributed by atoms with Gasteiger partial charge in [-0.1, -0.05) is 37.3 Å². The van der Waals surface area contributed by atoms with E-state index in [0.717, 1.165) is 9.80 Å². The van der Waals surface area contributed by atoms with Crippen LogP contribution < -0.4 is 11.1 Å². The Morgan fingerprint density at radius 3 is 2.35 bits per heavy atom. The van der Waals surface area contributed by atoms with Gasteiger partial charge in [-0.3, -0.25) is 14.5 Å². The topological polar surface area (TPSA) is 95.7 Å². The molecule has 1 aromatic carbocycles. The maximum atomic E-state index is 13.0. The Bertz CT molecular complexity index is 664. The molecule has 0 radical (unpaired) electrons. The van der Waals surface area contributed by atoms with Gasteiger partial charge in [0.05, 0.1) is 0 Å². The van der Waals surface area contributed by atoms with Crippen molar-refractivity contribution in [1.29, 1.82) is 0 Å². The predicted octanol–water partition coefficient (Wildman–Crippen LogP) is 0.546. The molecule has 3 N–H and O–H groups in total. The SMILES string of the molecule is CCC1(c2ccccc2)C(=O)N(C)C(=O)N(CNC(N)=S)C1=O. The molecule has 0 aliphatic carbocycles. The first-order valence-electron chi connectivity index (χ1n) is 7.09. The highest BCUT2D eigenvalue weighted by Crippen LogP contribution is 2.35. The molecule has 122 valence electrons. The molecule has 7 nitrogen and oxygen atoms in total. The van der Waals surface area contributed by atoms with Gasteiger partial charge in [0.1, 0.15) is 6.67 Å². The smallest absolute Gasteiger partial charge is 0.334 e. The van der Waals surface area contributed by atoms with Crippen molar-refractivity contribution >= 4 is 35.2 Å². The summed E-state index contributed by atoms with van der Waals surface area (Å²) in [5, 5.41) is 2.55. The maximum absolute atomic E-state index is 13.0. The van der Waals surface area contributed by atoms with Crippen molar-refractivity contribution in [2.75, 3.05) is 13.7 Å². The van der Waals surface area contributed by atoms with Crippen molar-refractivity contribution in [3.8, 4) is 0 Å². The van der Waals surface area contributed by atoms with Crippen molar-refractivity contribution in [1.82, 2.24) is 15.1 Å². The lowest BCUT2D eigenvalue weighted by atomic mass is 9.74. The number of amides is 4. The van der Waals surface area contributed by atoms with E-state index in [1.165, 1.54) is 7.05 Å². The normalized spacial score (nSPS) is 21.6. The molecule has 1 fully saturated rings. The van der Waals surface area contributed by atoms with Gasteiger partial charge < -0.3 is 11.1 Å². The molecule has 1 aliphatic rings. The average Bonchev–Trinajstić information content (AvgIpc) is 2.54. The van der Waals surface area contributed by atoms with Crippen molar-refractivity contribution in [3.05, 3.63) is 35.9 Å². The van der Waals surface area contributed by atoms with E-state index in [1.807, 2.05) is 0 Å². The number of nitrogens with zero attached hydrogens (tertiary/aromatic N) is 2. The number of hydrogen-bond acceptors (Lipinski definition) is 4. The number of likely N-dealkylation sites (N-methyl/N-ethyl adjacent to an activating group) is 1. The van der Waals surface area contributed by atoms with Gasteiger partial charge in [0.25, 0.3) is 11.8 Å². The molecule has 1 saturated heterocycles. The zero-order valence-corrected chi connectivity index (χ0v) is 13.7. The maximum Gasteiger partial charge on any atom is 0.334 e. The van der Waals surface area contributed by atoms with Crippen LogP contribution in [0.5, 0.6) is 0 Å². The standard InChI is InChI=1S/C15H18N4O3S/c1-3-15(10-7-5-4-6-8-10)11(20)18(2)14(22)19(12(15)21)9-17-13(16)23/h4-8H,3,9H2,1-2H3,(H3,16,17,23). The highest BCUT2D eigenvalue weighted by molar-refractivity contribution is 7.80. The summed E-state index contributed by atoms with van der Waals surface area (Å²) < 4.78 is 0. The molecule has 1 heterocycles. The van der Waals surface area contributed by atoms with Crippen LogP contribution in [0.1, 0.15) is 18.9 Å². The lowest BCUT2D eigenvalue weighted by Crippen LogP contribution is -2.67. The van der Waals surface area contributed by atoms with Gasteiger partial charge in [-0.15, -0.1) is 0 Å². The third-order valence-electron chi connectivity index (χ3n) is 4.01. The van der Waals surface area contributed by atoms with Crippen molar-refractivity contribution in [2.45, 2.75) is 18.8 Å². The zero-order valence-electron chi connectivity index (χ0n) is 12.9. The Labute approximate surface area is 139 Å². The van der Waals surface area contributed by atoms with Crippen molar-refractivity contribution in [3.63, 3.8) is 0 Å². The van der Waals surface area contributed by atoms with Gasteiger partial charge in [-0.05, 0) is 24.2 Å². The van der Waals surface area contributed by atoms with E-state index >= 15 is 0 Å². The third-order valence-corrected chi connectivity index (χ3v) is 4.15. The summed E-state index contributed by atoms with van der Waals surface area (Å²) in [6.07, 6.45) is 0.232. The molecule has 0 saturated carbocycles.